The predicted molar refractivity (Wildman–Crippen MR) is 65.8 cm³/mol. The van der Waals surface area contributed by atoms with Crippen LogP contribution in [0, 0.1) is 0 Å². The van der Waals surface area contributed by atoms with Crippen molar-refractivity contribution >= 4 is 5.91 Å². The van der Waals surface area contributed by atoms with Crippen LogP contribution >= 0.6 is 0 Å². The van der Waals surface area contributed by atoms with Gasteiger partial charge in [0.1, 0.15) is 0 Å². The van der Waals surface area contributed by atoms with Crippen LogP contribution < -0.4 is 0 Å². The zero-order valence-corrected chi connectivity index (χ0v) is 10.7. The molecule has 5 nitrogen and oxygen atoms in total. The van der Waals surface area contributed by atoms with E-state index in [-0.39, 0.29) is 12.5 Å². The van der Waals surface area contributed by atoms with Crippen LogP contribution in [-0.4, -0.2) is 73.9 Å². The zero-order chi connectivity index (χ0) is 12.5. The molecule has 0 atom stereocenters. The highest BCUT2D eigenvalue weighted by Gasteiger charge is 2.18. The summed E-state index contributed by atoms with van der Waals surface area (Å²) in [5.41, 5.74) is 0. The first-order valence-corrected chi connectivity index (χ1v) is 6.38. The third-order valence-corrected chi connectivity index (χ3v) is 3.10. The molecule has 100 valence electrons. The summed E-state index contributed by atoms with van der Waals surface area (Å²) in [6.07, 6.45) is 2.06. The summed E-state index contributed by atoms with van der Waals surface area (Å²) in [5, 5.41) is 8.72. The Hall–Kier alpha value is -0.650. The lowest BCUT2D eigenvalue weighted by molar-refractivity contribution is -0.131. The van der Waals surface area contributed by atoms with Crippen molar-refractivity contribution in [2.24, 2.45) is 0 Å². The second kappa shape index (κ2) is 8.44. The monoisotopic (exact) mass is 244 g/mol. The van der Waals surface area contributed by atoms with Crippen LogP contribution in [0.15, 0.2) is 0 Å². The molecule has 1 aliphatic heterocycles. The van der Waals surface area contributed by atoms with Gasteiger partial charge in [-0.3, -0.25) is 9.69 Å². The molecule has 0 spiro atoms. The van der Waals surface area contributed by atoms with Crippen LogP contribution in [-0.2, 0) is 9.53 Å². The van der Waals surface area contributed by atoms with Crippen LogP contribution in [0.1, 0.15) is 19.3 Å². The average Bonchev–Trinajstić information content (AvgIpc) is 2.59. The molecule has 0 bridgehead atoms. The van der Waals surface area contributed by atoms with Crippen molar-refractivity contribution in [1.82, 2.24) is 9.80 Å². The van der Waals surface area contributed by atoms with Gasteiger partial charge in [0.05, 0.1) is 6.61 Å². The molecule has 0 unspecified atom stereocenters. The van der Waals surface area contributed by atoms with Crippen molar-refractivity contribution in [1.29, 1.82) is 0 Å². The van der Waals surface area contributed by atoms with Gasteiger partial charge >= 0.3 is 0 Å². The summed E-state index contributed by atoms with van der Waals surface area (Å²) in [6, 6.07) is 0. The highest BCUT2D eigenvalue weighted by atomic mass is 16.5. The predicted octanol–water partition coefficient (Wildman–Crippen LogP) is -0.0604. The summed E-state index contributed by atoms with van der Waals surface area (Å²) in [6.45, 7) is 5.39. The first kappa shape index (κ1) is 14.4. The molecule has 1 N–H and O–H groups in total. The molecule has 1 rings (SSSR count). The third kappa shape index (κ3) is 5.48. The van der Waals surface area contributed by atoms with Gasteiger partial charge in [0.15, 0.2) is 0 Å². The van der Waals surface area contributed by atoms with Gasteiger partial charge < -0.3 is 14.7 Å². The third-order valence-electron chi connectivity index (χ3n) is 3.10. The fraction of sp³-hybridized carbons (Fsp3) is 0.917. The number of methoxy groups -OCH3 is 1. The van der Waals surface area contributed by atoms with Gasteiger partial charge in [-0.25, -0.2) is 0 Å². The number of carbonyl (C=O) groups is 1. The second-order valence-electron chi connectivity index (χ2n) is 4.40. The summed E-state index contributed by atoms with van der Waals surface area (Å²) >= 11 is 0. The SMILES string of the molecule is COCCN1CCCN(C(=O)CCCO)CC1. The highest BCUT2D eigenvalue weighted by molar-refractivity contribution is 5.76. The lowest BCUT2D eigenvalue weighted by Gasteiger charge is -2.21. The van der Waals surface area contributed by atoms with Crippen LogP contribution in [0.5, 0.6) is 0 Å². The van der Waals surface area contributed by atoms with Gasteiger partial charge in [-0.05, 0) is 19.4 Å². The molecule has 5 heteroatoms. The largest absolute Gasteiger partial charge is 0.396 e. The molecular formula is C12H24N2O3. The van der Waals surface area contributed by atoms with E-state index in [2.05, 4.69) is 4.90 Å². The van der Waals surface area contributed by atoms with E-state index in [0.29, 0.717) is 12.8 Å². The zero-order valence-electron chi connectivity index (χ0n) is 10.7. The molecule has 0 radical (unpaired) electrons. The van der Waals surface area contributed by atoms with Gasteiger partial charge in [0.25, 0.3) is 0 Å². The number of aliphatic hydroxyl groups excluding tert-OH is 1. The lowest BCUT2D eigenvalue weighted by Crippen LogP contribution is -2.36. The van der Waals surface area contributed by atoms with Crippen molar-refractivity contribution in [2.75, 3.05) is 53.0 Å². The van der Waals surface area contributed by atoms with Crippen LogP contribution in [0.2, 0.25) is 0 Å². The maximum Gasteiger partial charge on any atom is 0.222 e. The van der Waals surface area contributed by atoms with Gasteiger partial charge in [-0.2, -0.15) is 0 Å². The second-order valence-corrected chi connectivity index (χ2v) is 4.40. The number of rotatable bonds is 6. The minimum atomic E-state index is 0.0968. The molecule has 0 aromatic rings. The van der Waals surface area contributed by atoms with Gasteiger partial charge in [-0.15, -0.1) is 0 Å². The molecule has 1 saturated heterocycles. The quantitative estimate of drug-likeness (QED) is 0.711. The van der Waals surface area contributed by atoms with E-state index in [1.807, 2.05) is 4.90 Å². The Kier molecular flexibility index (Phi) is 7.16. The van der Waals surface area contributed by atoms with Gasteiger partial charge in [0.2, 0.25) is 5.91 Å². The maximum absolute atomic E-state index is 11.8. The highest BCUT2D eigenvalue weighted by Crippen LogP contribution is 2.05. The van der Waals surface area contributed by atoms with Crippen molar-refractivity contribution in [3.05, 3.63) is 0 Å². The van der Waals surface area contributed by atoms with Crippen molar-refractivity contribution in [2.45, 2.75) is 19.3 Å². The normalized spacial score (nSPS) is 18.1. The number of ether oxygens (including phenoxy) is 1. The molecule has 0 aliphatic carbocycles. The minimum absolute atomic E-state index is 0.0968. The topological polar surface area (TPSA) is 53.0 Å². The van der Waals surface area contributed by atoms with E-state index in [9.17, 15) is 4.79 Å². The van der Waals surface area contributed by atoms with Gasteiger partial charge in [0, 0.05) is 46.3 Å². The smallest absolute Gasteiger partial charge is 0.222 e. The molecule has 1 amide bonds. The van der Waals surface area contributed by atoms with Gasteiger partial charge in [-0.1, -0.05) is 0 Å². The Labute approximate surface area is 103 Å². The van der Waals surface area contributed by atoms with E-state index < -0.39 is 0 Å². The minimum Gasteiger partial charge on any atom is -0.396 e. The van der Waals surface area contributed by atoms with E-state index in [4.69, 9.17) is 9.84 Å². The van der Waals surface area contributed by atoms with Crippen molar-refractivity contribution < 1.29 is 14.6 Å². The Balaban J connectivity index is 2.28. The first-order chi connectivity index (χ1) is 8.27. The van der Waals surface area contributed by atoms with Crippen LogP contribution in [0.25, 0.3) is 0 Å². The fourth-order valence-corrected chi connectivity index (χ4v) is 2.05. The fourth-order valence-electron chi connectivity index (χ4n) is 2.05. The molecule has 1 fully saturated rings. The number of carbonyl (C=O) groups excluding carboxylic acids is 1. The van der Waals surface area contributed by atoms with E-state index in [1.165, 1.54) is 0 Å². The maximum atomic E-state index is 11.8. The Morgan fingerprint density at radius 3 is 2.82 bits per heavy atom. The number of amides is 1. The van der Waals surface area contributed by atoms with Crippen LogP contribution in [0.3, 0.4) is 0 Å². The molecule has 0 aromatic heterocycles. The standard InChI is InChI=1S/C12H24N2O3/c1-17-11-9-13-5-3-6-14(8-7-13)12(16)4-2-10-15/h15H,2-11H2,1H3. The van der Waals surface area contributed by atoms with Crippen molar-refractivity contribution in [3.8, 4) is 0 Å². The van der Waals surface area contributed by atoms with Crippen molar-refractivity contribution in [3.63, 3.8) is 0 Å². The Morgan fingerprint density at radius 2 is 2.12 bits per heavy atom. The average molecular weight is 244 g/mol. The van der Waals surface area contributed by atoms with E-state index in [1.54, 1.807) is 7.11 Å². The Bertz CT molecular complexity index is 224. The summed E-state index contributed by atoms with van der Waals surface area (Å²) < 4.78 is 5.06. The molecule has 1 heterocycles. The number of aliphatic hydroxyl groups is 1. The van der Waals surface area contributed by atoms with E-state index in [0.717, 1.165) is 45.8 Å². The molecule has 1 aliphatic rings. The molecule has 0 saturated carbocycles. The molecular weight excluding hydrogens is 220 g/mol. The lowest BCUT2D eigenvalue weighted by atomic mass is 10.2. The molecule has 0 aromatic carbocycles. The first-order valence-electron chi connectivity index (χ1n) is 6.38. The number of hydrogen-bond donors (Lipinski definition) is 1. The summed E-state index contributed by atoms with van der Waals surface area (Å²) in [4.78, 5) is 16.1. The van der Waals surface area contributed by atoms with E-state index >= 15 is 0 Å². The summed E-state index contributed by atoms with van der Waals surface area (Å²) in [5.74, 6) is 0.174. The number of nitrogens with zero attached hydrogens (tertiary/aromatic N) is 2. The number of hydrogen-bond acceptors (Lipinski definition) is 4. The Morgan fingerprint density at radius 1 is 1.29 bits per heavy atom. The van der Waals surface area contributed by atoms with Crippen LogP contribution in [0.4, 0.5) is 0 Å². The molecule has 17 heavy (non-hydrogen) atoms. The summed E-state index contributed by atoms with van der Waals surface area (Å²) in [7, 11) is 1.71.